The normalized spacial score (nSPS) is 16.0. The Labute approximate surface area is 197 Å². The van der Waals surface area contributed by atoms with E-state index in [0.717, 1.165) is 18.4 Å². The first-order chi connectivity index (χ1) is 15.9. The Morgan fingerprint density at radius 1 is 1.09 bits per heavy atom. The maximum absolute atomic E-state index is 13.5. The summed E-state index contributed by atoms with van der Waals surface area (Å²) in [5, 5.41) is 0.831. The molecule has 170 valence electrons. The number of ether oxygens (including phenoxy) is 1. The third-order valence-electron chi connectivity index (χ3n) is 5.73. The highest BCUT2D eigenvalue weighted by molar-refractivity contribution is 6.42. The molecule has 1 aliphatic heterocycles. The molecular weight excluding hydrogens is 470 g/mol. The van der Waals surface area contributed by atoms with Crippen molar-refractivity contribution < 1.29 is 9.13 Å². The van der Waals surface area contributed by atoms with Gasteiger partial charge in [-0.05, 0) is 54.8 Å². The highest BCUT2D eigenvalue weighted by atomic mass is 35.5. The summed E-state index contributed by atoms with van der Waals surface area (Å²) in [6.07, 6.45) is 2.93. The van der Waals surface area contributed by atoms with Crippen LogP contribution in [0.2, 0.25) is 10.0 Å². The molecule has 0 radical (unpaired) electrons. The predicted molar refractivity (Wildman–Crippen MR) is 124 cm³/mol. The molecule has 33 heavy (non-hydrogen) atoms. The third-order valence-corrected chi connectivity index (χ3v) is 6.47. The largest absolute Gasteiger partial charge is 0.376 e. The van der Waals surface area contributed by atoms with E-state index in [1.807, 2.05) is 0 Å². The molecular formula is C23H19Cl2FN4O3. The Hall–Kier alpha value is -2.94. The van der Waals surface area contributed by atoms with Gasteiger partial charge in [-0.15, -0.1) is 0 Å². The number of imidazole rings is 1. The summed E-state index contributed by atoms with van der Waals surface area (Å²) in [5.74, 6) is -0.430. The van der Waals surface area contributed by atoms with Crippen molar-refractivity contribution in [3.05, 3.63) is 91.1 Å². The Morgan fingerprint density at radius 2 is 1.88 bits per heavy atom. The van der Waals surface area contributed by atoms with E-state index in [1.165, 1.54) is 39.7 Å². The molecule has 0 N–H and O–H groups in total. The fourth-order valence-electron chi connectivity index (χ4n) is 4.11. The van der Waals surface area contributed by atoms with Crippen LogP contribution in [0.15, 0.2) is 58.4 Å². The van der Waals surface area contributed by atoms with Crippen LogP contribution in [0.25, 0.3) is 16.9 Å². The first kappa shape index (κ1) is 21.9. The summed E-state index contributed by atoms with van der Waals surface area (Å²) in [5.41, 5.74) is 0.666. The minimum absolute atomic E-state index is 0.132. The summed E-state index contributed by atoms with van der Waals surface area (Å²) in [6.45, 7) is 1.03. The van der Waals surface area contributed by atoms with Crippen molar-refractivity contribution in [2.24, 2.45) is 0 Å². The summed E-state index contributed by atoms with van der Waals surface area (Å²) in [7, 11) is 0. The highest BCUT2D eigenvalue weighted by Gasteiger charge is 2.23. The number of hydrogen-bond acceptors (Lipinski definition) is 4. The molecule has 3 heterocycles. The van der Waals surface area contributed by atoms with Crippen LogP contribution >= 0.6 is 23.2 Å². The smallest absolute Gasteiger partial charge is 0.337 e. The molecule has 1 fully saturated rings. The minimum Gasteiger partial charge on any atom is -0.376 e. The standard InChI is InChI=1S/C23H19Cl2FN4O3/c24-18-8-3-14(10-19(18)25)11-28-13-27-21-20(28)22(31)29(12-17-2-1-9-33-17)23(32)30(21)16-6-4-15(26)5-7-16/h3-8,10,13,17H,1-2,9,11-12H2/t17-/m1/s1. The van der Waals surface area contributed by atoms with E-state index < -0.39 is 17.1 Å². The minimum atomic E-state index is -0.547. The molecule has 0 amide bonds. The fourth-order valence-corrected chi connectivity index (χ4v) is 4.43. The van der Waals surface area contributed by atoms with Gasteiger partial charge >= 0.3 is 5.69 Å². The lowest BCUT2D eigenvalue weighted by Crippen LogP contribution is -2.42. The SMILES string of the molecule is O=c1c2c(ncn2Cc2ccc(Cl)c(Cl)c2)n(-c2ccc(F)cc2)c(=O)n1C[C@H]1CCCO1. The summed E-state index contributed by atoms with van der Waals surface area (Å²) in [4.78, 5) is 31.3. The van der Waals surface area contributed by atoms with Crippen molar-refractivity contribution in [1.82, 2.24) is 18.7 Å². The Kier molecular flexibility index (Phi) is 5.82. The first-order valence-electron chi connectivity index (χ1n) is 10.4. The number of nitrogens with zero attached hydrogens (tertiary/aromatic N) is 4. The van der Waals surface area contributed by atoms with E-state index in [2.05, 4.69) is 4.98 Å². The van der Waals surface area contributed by atoms with Gasteiger partial charge in [0.05, 0.1) is 34.7 Å². The van der Waals surface area contributed by atoms with Crippen molar-refractivity contribution in [3.63, 3.8) is 0 Å². The number of halogens is 3. The lowest BCUT2D eigenvalue weighted by atomic mass is 10.2. The van der Waals surface area contributed by atoms with Crippen LogP contribution in [-0.2, 0) is 17.8 Å². The fraction of sp³-hybridized carbons (Fsp3) is 0.261. The quantitative estimate of drug-likeness (QED) is 0.425. The van der Waals surface area contributed by atoms with Crippen LogP contribution < -0.4 is 11.2 Å². The summed E-state index contributed by atoms with van der Waals surface area (Å²) >= 11 is 12.2. The second-order valence-corrected chi connectivity index (χ2v) is 8.75. The van der Waals surface area contributed by atoms with Crippen molar-refractivity contribution in [2.75, 3.05) is 6.61 Å². The Bertz CT molecular complexity index is 1450. The number of rotatable bonds is 5. The zero-order chi connectivity index (χ0) is 23.1. The number of hydrogen-bond donors (Lipinski definition) is 0. The van der Waals surface area contributed by atoms with Gasteiger partial charge in [-0.3, -0.25) is 9.36 Å². The molecule has 1 atom stereocenters. The van der Waals surface area contributed by atoms with E-state index in [1.54, 1.807) is 22.8 Å². The van der Waals surface area contributed by atoms with Crippen molar-refractivity contribution >= 4 is 34.4 Å². The van der Waals surface area contributed by atoms with Gasteiger partial charge in [0, 0.05) is 13.2 Å². The lowest BCUT2D eigenvalue weighted by Gasteiger charge is -2.15. The molecule has 5 rings (SSSR count). The van der Waals surface area contributed by atoms with Crippen LogP contribution in [0.4, 0.5) is 4.39 Å². The molecule has 0 aliphatic carbocycles. The maximum atomic E-state index is 13.5. The van der Waals surface area contributed by atoms with Crippen molar-refractivity contribution in [1.29, 1.82) is 0 Å². The summed E-state index contributed by atoms with van der Waals surface area (Å²) < 4.78 is 23.4. The molecule has 0 unspecified atom stereocenters. The Morgan fingerprint density at radius 3 is 2.58 bits per heavy atom. The van der Waals surface area contributed by atoms with Gasteiger partial charge in [-0.25, -0.2) is 18.7 Å². The van der Waals surface area contributed by atoms with Crippen LogP contribution in [0, 0.1) is 5.82 Å². The second-order valence-electron chi connectivity index (χ2n) is 7.94. The van der Waals surface area contributed by atoms with E-state index >= 15 is 0 Å². The zero-order valence-electron chi connectivity index (χ0n) is 17.4. The van der Waals surface area contributed by atoms with Crippen LogP contribution in [0.3, 0.4) is 0 Å². The van der Waals surface area contributed by atoms with Gasteiger partial charge in [0.25, 0.3) is 5.56 Å². The van der Waals surface area contributed by atoms with Gasteiger partial charge in [-0.1, -0.05) is 29.3 Å². The maximum Gasteiger partial charge on any atom is 0.337 e. The third kappa shape index (κ3) is 4.10. The van der Waals surface area contributed by atoms with Gasteiger partial charge in [0.1, 0.15) is 5.82 Å². The lowest BCUT2D eigenvalue weighted by molar-refractivity contribution is 0.0950. The summed E-state index contributed by atoms with van der Waals surface area (Å²) in [6, 6.07) is 10.7. The molecule has 7 nitrogen and oxygen atoms in total. The molecule has 2 aromatic heterocycles. The van der Waals surface area contributed by atoms with E-state index in [0.29, 0.717) is 28.9 Å². The Balaban J connectivity index is 1.71. The zero-order valence-corrected chi connectivity index (χ0v) is 18.9. The molecule has 0 saturated carbocycles. The molecule has 4 aromatic rings. The predicted octanol–water partition coefficient (Wildman–Crippen LogP) is 4.02. The molecule has 2 aromatic carbocycles. The van der Waals surface area contributed by atoms with E-state index in [4.69, 9.17) is 27.9 Å². The number of aromatic nitrogens is 4. The highest BCUT2D eigenvalue weighted by Crippen LogP contribution is 2.24. The monoisotopic (exact) mass is 488 g/mol. The van der Waals surface area contributed by atoms with Crippen LogP contribution in [0.5, 0.6) is 0 Å². The van der Waals surface area contributed by atoms with Gasteiger partial charge in [0.2, 0.25) is 0 Å². The van der Waals surface area contributed by atoms with E-state index in [-0.39, 0.29) is 23.8 Å². The van der Waals surface area contributed by atoms with Gasteiger partial charge in [0.15, 0.2) is 11.2 Å². The molecule has 1 aliphatic rings. The van der Waals surface area contributed by atoms with Crippen LogP contribution in [-0.4, -0.2) is 31.4 Å². The van der Waals surface area contributed by atoms with Crippen molar-refractivity contribution in [2.45, 2.75) is 32.0 Å². The molecule has 0 spiro atoms. The van der Waals surface area contributed by atoms with Gasteiger partial charge < -0.3 is 9.30 Å². The molecule has 0 bridgehead atoms. The number of fused-ring (bicyclic) bond motifs is 1. The van der Waals surface area contributed by atoms with E-state index in [9.17, 15) is 14.0 Å². The van der Waals surface area contributed by atoms with Crippen LogP contribution in [0.1, 0.15) is 18.4 Å². The molecule has 1 saturated heterocycles. The number of benzene rings is 2. The average molecular weight is 489 g/mol. The topological polar surface area (TPSA) is 71.0 Å². The second kappa shape index (κ2) is 8.78. The van der Waals surface area contributed by atoms with Gasteiger partial charge in [-0.2, -0.15) is 0 Å². The first-order valence-corrected chi connectivity index (χ1v) is 11.2. The van der Waals surface area contributed by atoms with Crippen molar-refractivity contribution in [3.8, 4) is 5.69 Å². The average Bonchev–Trinajstić information content (AvgIpc) is 3.45. The molecule has 10 heteroatoms.